The van der Waals surface area contributed by atoms with E-state index in [1.807, 2.05) is 0 Å². The highest BCUT2D eigenvalue weighted by Gasteiger charge is 2.25. The van der Waals surface area contributed by atoms with Crippen molar-refractivity contribution in [1.82, 2.24) is 4.90 Å². The fourth-order valence-electron chi connectivity index (χ4n) is 2.67. The molecule has 23 heavy (non-hydrogen) atoms. The van der Waals surface area contributed by atoms with Gasteiger partial charge < -0.3 is 0 Å². The van der Waals surface area contributed by atoms with E-state index < -0.39 is 31.2 Å². The van der Waals surface area contributed by atoms with Crippen LogP contribution in [0, 0.1) is 0 Å². The highest BCUT2D eigenvalue weighted by Crippen LogP contribution is 2.33. The molecule has 1 saturated heterocycles. The summed E-state index contributed by atoms with van der Waals surface area (Å²) in [6.07, 6.45) is 1.35. The number of hydrogen-bond donors (Lipinski definition) is 0. The maximum atomic E-state index is 14.2. The minimum Gasteiger partial charge on any atom is -0.297 e. The maximum Gasteiger partial charge on any atom is 0.125 e. The van der Waals surface area contributed by atoms with E-state index in [-0.39, 0.29) is 42.2 Å². The zero-order valence-electron chi connectivity index (χ0n) is 22.2. The SMILES string of the molecule is [2H]c1cccc2c1C(=CCCN1C([2H])([2H])C([2H])(F)C1([2H])[2H])c1c([2H])c([2H])c([2H])c([2H])c1C=C2. The van der Waals surface area contributed by atoms with E-state index in [9.17, 15) is 4.39 Å². The van der Waals surface area contributed by atoms with Crippen LogP contribution in [0.25, 0.3) is 17.7 Å². The summed E-state index contributed by atoms with van der Waals surface area (Å²) < 4.78 is 93.9. The van der Waals surface area contributed by atoms with E-state index in [0.29, 0.717) is 21.6 Å². The number of alkyl halides is 1. The molecule has 2 aromatic carbocycles. The van der Waals surface area contributed by atoms with Gasteiger partial charge in [-0.3, -0.25) is 4.90 Å². The summed E-state index contributed by atoms with van der Waals surface area (Å²) in [7, 11) is 0. The predicted octanol–water partition coefficient (Wildman–Crippen LogP) is 4.65. The summed E-state index contributed by atoms with van der Waals surface area (Å²) in [6.45, 7) is -5.95. The van der Waals surface area contributed by atoms with E-state index in [1.165, 1.54) is 0 Å². The molecule has 4 rings (SSSR count). The summed E-state index contributed by atoms with van der Waals surface area (Å²) in [5.74, 6) is 0. The topological polar surface area (TPSA) is 3.24 Å². The maximum absolute atomic E-state index is 14.2. The van der Waals surface area contributed by atoms with Gasteiger partial charge in [0.25, 0.3) is 0 Å². The van der Waals surface area contributed by atoms with Crippen molar-refractivity contribution in [2.24, 2.45) is 0 Å². The Hall–Kier alpha value is -2.19. The van der Waals surface area contributed by atoms with Crippen LogP contribution in [0.1, 0.15) is 42.4 Å². The van der Waals surface area contributed by atoms with Gasteiger partial charge in [0, 0.05) is 25.0 Å². The van der Waals surface area contributed by atoms with Crippen LogP contribution in [0.5, 0.6) is 0 Å². The zero-order chi connectivity index (χ0) is 24.5. The summed E-state index contributed by atoms with van der Waals surface area (Å²) in [4.78, 5) is 0.619. The first-order valence-electron chi connectivity index (χ1n) is 12.3. The molecule has 0 amide bonds. The number of nitrogens with zero attached hydrogens (tertiary/aromatic N) is 1. The van der Waals surface area contributed by atoms with E-state index in [0.717, 1.165) is 0 Å². The molecule has 1 fully saturated rings. The van der Waals surface area contributed by atoms with Crippen molar-refractivity contribution in [2.45, 2.75) is 12.6 Å². The van der Waals surface area contributed by atoms with Gasteiger partial charge >= 0.3 is 0 Å². The Kier molecular flexibility index (Phi) is 1.90. The molecule has 0 unspecified atom stereocenters. The van der Waals surface area contributed by atoms with Crippen molar-refractivity contribution in [1.29, 1.82) is 0 Å². The second-order valence-electron chi connectivity index (χ2n) is 5.22. The first-order chi connectivity index (χ1) is 15.2. The summed E-state index contributed by atoms with van der Waals surface area (Å²) in [5, 5.41) is 0. The van der Waals surface area contributed by atoms with Crippen molar-refractivity contribution >= 4 is 17.7 Å². The molecule has 1 aliphatic heterocycles. The van der Waals surface area contributed by atoms with Crippen LogP contribution in [0.2, 0.25) is 0 Å². The van der Waals surface area contributed by atoms with E-state index in [4.69, 9.17) is 13.7 Å². The van der Waals surface area contributed by atoms with Gasteiger partial charge in [-0.1, -0.05) is 66.6 Å². The van der Waals surface area contributed by atoms with Crippen molar-refractivity contribution in [3.05, 3.63) is 76.7 Å². The fraction of sp³-hybridized carbons (Fsp3) is 0.238. The van der Waals surface area contributed by atoms with Crippen LogP contribution < -0.4 is 0 Å². The largest absolute Gasteiger partial charge is 0.297 e. The van der Waals surface area contributed by atoms with Crippen molar-refractivity contribution < 1.29 is 18.1 Å². The van der Waals surface area contributed by atoms with E-state index >= 15 is 0 Å². The molecule has 2 aromatic rings. The minimum absolute atomic E-state index is 0.0135. The number of halogens is 1. The molecule has 0 aromatic heterocycles. The van der Waals surface area contributed by atoms with Gasteiger partial charge in [-0.25, -0.2) is 4.39 Å². The van der Waals surface area contributed by atoms with Crippen molar-refractivity contribution in [3.63, 3.8) is 0 Å². The standard InChI is InChI=1S/C21H20FN/c22-18-14-23(15-18)13-5-10-21-19-8-3-1-6-16(19)11-12-17-7-2-4-9-20(17)21/h1-4,6-12,18H,5,13-15H2/i1D,3D,6D,8D,9D,14D2,15D2,18D. The second-order valence-corrected chi connectivity index (χ2v) is 5.22. The Balaban J connectivity index is 1.84. The zero-order valence-corrected chi connectivity index (χ0v) is 12.2. The average Bonchev–Trinajstić information content (AvgIpc) is 2.91. The third kappa shape index (κ3) is 2.87. The lowest BCUT2D eigenvalue weighted by molar-refractivity contribution is 0.0677. The lowest BCUT2D eigenvalue weighted by atomic mass is 9.92. The Morgan fingerprint density at radius 3 is 2.87 bits per heavy atom. The number of hydrogen-bond acceptors (Lipinski definition) is 1. The fourth-order valence-corrected chi connectivity index (χ4v) is 2.67. The third-order valence-electron chi connectivity index (χ3n) is 3.74. The number of fused-ring (bicyclic) bond motifs is 2. The van der Waals surface area contributed by atoms with Gasteiger partial charge in [-0.2, -0.15) is 0 Å². The molecule has 116 valence electrons. The van der Waals surface area contributed by atoms with Crippen molar-refractivity contribution in [3.8, 4) is 0 Å². The van der Waals surface area contributed by atoms with Gasteiger partial charge in [-0.05, 0) is 34.2 Å². The molecule has 1 heterocycles. The van der Waals surface area contributed by atoms with Crippen molar-refractivity contribution in [2.75, 3.05) is 19.5 Å². The number of benzene rings is 2. The number of rotatable bonds is 3. The lowest BCUT2D eigenvalue weighted by Crippen LogP contribution is -2.48. The normalized spacial score (nSPS) is 31.1. The summed E-state index contributed by atoms with van der Waals surface area (Å²) >= 11 is 0. The summed E-state index contributed by atoms with van der Waals surface area (Å²) in [5.41, 5.74) is 1.80. The number of likely N-dealkylation sites (tertiary alicyclic amines) is 1. The molecule has 0 N–H and O–H groups in total. The van der Waals surface area contributed by atoms with Crippen LogP contribution >= 0.6 is 0 Å². The Morgan fingerprint density at radius 1 is 1.17 bits per heavy atom. The van der Waals surface area contributed by atoms with Gasteiger partial charge in [0.2, 0.25) is 0 Å². The monoisotopic (exact) mass is 315 g/mol. The minimum atomic E-state index is -3.42. The van der Waals surface area contributed by atoms with Crippen LogP contribution in [0.3, 0.4) is 0 Å². The molecule has 2 heteroatoms. The smallest absolute Gasteiger partial charge is 0.125 e. The molecule has 0 radical (unpaired) electrons. The second kappa shape index (κ2) is 6.13. The Bertz CT molecular complexity index is 1200. The first kappa shape index (κ1) is 7.14. The Labute approximate surface area is 150 Å². The van der Waals surface area contributed by atoms with Crippen LogP contribution in [0.4, 0.5) is 4.39 Å². The molecule has 1 aliphatic carbocycles. The molecule has 0 saturated carbocycles. The highest BCUT2D eigenvalue weighted by atomic mass is 19.1. The van der Waals surface area contributed by atoms with Gasteiger partial charge in [0.1, 0.15) is 6.15 Å². The highest BCUT2D eigenvalue weighted by molar-refractivity contribution is 5.93. The van der Waals surface area contributed by atoms with Gasteiger partial charge in [-0.15, -0.1) is 0 Å². The lowest BCUT2D eigenvalue weighted by Gasteiger charge is -2.33. The van der Waals surface area contributed by atoms with Gasteiger partial charge in [0.05, 0.1) is 8.22 Å². The Morgan fingerprint density at radius 2 is 1.96 bits per heavy atom. The van der Waals surface area contributed by atoms with Gasteiger partial charge in [0.15, 0.2) is 0 Å². The van der Waals surface area contributed by atoms with Crippen LogP contribution in [-0.2, 0) is 0 Å². The summed E-state index contributed by atoms with van der Waals surface area (Å²) in [6, 6.07) is 3.72. The molecule has 1 nitrogen and oxygen atoms in total. The van der Waals surface area contributed by atoms with E-state index in [1.54, 1.807) is 36.4 Å². The quantitative estimate of drug-likeness (QED) is 0.680. The molecule has 0 atom stereocenters. The van der Waals surface area contributed by atoms with Crippen LogP contribution in [0.15, 0.2) is 54.5 Å². The third-order valence-corrected chi connectivity index (χ3v) is 3.74. The van der Waals surface area contributed by atoms with E-state index in [2.05, 4.69) is 0 Å². The average molecular weight is 315 g/mol. The molecular weight excluding hydrogens is 285 g/mol. The molecule has 0 bridgehead atoms. The molecule has 0 spiro atoms. The molecular formula is C21H20FN. The first-order valence-corrected chi connectivity index (χ1v) is 7.30. The van der Waals surface area contributed by atoms with Crippen LogP contribution in [-0.4, -0.2) is 30.6 Å². The predicted molar refractivity (Wildman–Crippen MR) is 94.8 cm³/mol. The molecule has 2 aliphatic rings.